The Morgan fingerprint density at radius 2 is 1.83 bits per heavy atom. The zero-order chi connectivity index (χ0) is 25.7. The highest BCUT2D eigenvalue weighted by atomic mass is 16.5. The van der Waals surface area contributed by atoms with Crippen LogP contribution in [0.2, 0.25) is 0 Å². The summed E-state index contributed by atoms with van der Waals surface area (Å²) >= 11 is 0. The second kappa shape index (κ2) is 11.0. The van der Waals surface area contributed by atoms with Crippen molar-refractivity contribution in [2.45, 2.75) is 32.3 Å². The minimum absolute atomic E-state index is 0.0990. The average Bonchev–Trinajstić information content (AvgIpc) is 3.37. The first kappa shape index (κ1) is 25.4. The van der Waals surface area contributed by atoms with Gasteiger partial charge in [-0.25, -0.2) is 4.98 Å². The van der Waals surface area contributed by atoms with Crippen LogP contribution in [0.3, 0.4) is 0 Å². The van der Waals surface area contributed by atoms with Gasteiger partial charge in [-0.1, -0.05) is 36.4 Å². The minimum atomic E-state index is -0.694. The van der Waals surface area contributed by atoms with Gasteiger partial charge in [0.25, 0.3) is 0 Å². The Morgan fingerprint density at radius 1 is 1.11 bits per heavy atom. The lowest BCUT2D eigenvalue weighted by Crippen LogP contribution is -2.64. The quantitative estimate of drug-likeness (QED) is 0.429. The van der Waals surface area contributed by atoms with Crippen molar-refractivity contribution < 1.29 is 19.1 Å². The molecule has 3 N–H and O–H groups in total. The highest BCUT2D eigenvalue weighted by molar-refractivity contribution is 5.88. The molecule has 0 aliphatic carbocycles. The number of aromatic amines is 1. The molecule has 2 atom stereocenters. The molecule has 36 heavy (non-hydrogen) atoms. The van der Waals surface area contributed by atoms with Gasteiger partial charge in [-0.3, -0.25) is 9.59 Å². The van der Waals surface area contributed by atoms with Gasteiger partial charge >= 0.3 is 0 Å². The number of nitrogens with two attached hydrogens (primary N) is 1. The predicted molar refractivity (Wildman–Crippen MR) is 136 cm³/mol. The molecule has 8 heteroatoms. The van der Waals surface area contributed by atoms with Gasteiger partial charge in [0.1, 0.15) is 11.4 Å². The third-order valence-corrected chi connectivity index (χ3v) is 7.04. The number of aryl methyl sites for hydroxylation is 1. The van der Waals surface area contributed by atoms with Crippen molar-refractivity contribution in [3.63, 3.8) is 0 Å². The molecule has 4 rings (SSSR count). The maximum absolute atomic E-state index is 13.9. The lowest BCUT2D eigenvalue weighted by molar-refractivity contribution is -0.177. The number of nitrogens with one attached hydrogen (secondary N) is 1. The third kappa shape index (κ3) is 5.28. The van der Waals surface area contributed by atoms with Crippen LogP contribution >= 0.6 is 0 Å². The molecular weight excluding hydrogens is 456 g/mol. The molecule has 3 aromatic rings. The Balaban J connectivity index is 1.61. The molecule has 1 saturated heterocycles. The smallest absolute Gasteiger partial charge is 0.227 e. The van der Waals surface area contributed by atoms with Crippen molar-refractivity contribution in [2.75, 3.05) is 26.8 Å². The molecule has 2 aromatic carbocycles. The van der Waals surface area contributed by atoms with Gasteiger partial charge < -0.3 is 25.1 Å². The minimum Gasteiger partial charge on any atom is -0.497 e. The SMILES string of the molecule is CCOC1(c2ccccc2C)CN(C(=O)[C@H](Cc2ccc(OC)cc2)C(Cc2cnc[nH]2)C(N)=O)C1. The van der Waals surface area contributed by atoms with Gasteiger partial charge in [-0.15, -0.1) is 0 Å². The zero-order valence-electron chi connectivity index (χ0n) is 21.1. The number of aromatic nitrogens is 2. The van der Waals surface area contributed by atoms with Crippen molar-refractivity contribution in [3.8, 4) is 5.75 Å². The largest absolute Gasteiger partial charge is 0.497 e. The lowest BCUT2D eigenvalue weighted by Gasteiger charge is -2.51. The van der Waals surface area contributed by atoms with Crippen molar-refractivity contribution >= 4 is 11.8 Å². The number of imidazole rings is 1. The lowest BCUT2D eigenvalue weighted by atomic mass is 9.78. The summed E-state index contributed by atoms with van der Waals surface area (Å²) in [4.78, 5) is 35.5. The Labute approximate surface area is 211 Å². The van der Waals surface area contributed by atoms with E-state index in [-0.39, 0.29) is 5.91 Å². The first-order valence-electron chi connectivity index (χ1n) is 12.2. The van der Waals surface area contributed by atoms with E-state index in [2.05, 4.69) is 29.0 Å². The molecule has 0 spiro atoms. The number of primary amides is 1. The molecule has 0 saturated carbocycles. The van der Waals surface area contributed by atoms with Gasteiger partial charge in [0.2, 0.25) is 11.8 Å². The number of likely N-dealkylation sites (tertiary alicyclic amines) is 1. The number of rotatable bonds is 11. The van der Waals surface area contributed by atoms with E-state index in [4.69, 9.17) is 15.2 Å². The number of hydrogen-bond donors (Lipinski definition) is 2. The Hall–Kier alpha value is -3.65. The Kier molecular flexibility index (Phi) is 7.74. The molecule has 1 aromatic heterocycles. The van der Waals surface area contributed by atoms with Gasteiger partial charge in [-0.2, -0.15) is 0 Å². The van der Waals surface area contributed by atoms with E-state index in [1.165, 1.54) is 0 Å². The summed E-state index contributed by atoms with van der Waals surface area (Å²) < 4.78 is 11.5. The number of nitrogens with zero attached hydrogens (tertiary/aromatic N) is 2. The van der Waals surface area contributed by atoms with Crippen LogP contribution in [-0.2, 0) is 32.8 Å². The number of carbonyl (C=O) groups excluding carboxylic acids is 2. The second-order valence-corrected chi connectivity index (χ2v) is 9.39. The summed E-state index contributed by atoms with van der Waals surface area (Å²) in [6, 6.07) is 15.7. The summed E-state index contributed by atoms with van der Waals surface area (Å²) in [5.41, 5.74) is 9.23. The number of carbonyl (C=O) groups is 2. The number of hydrogen-bond acceptors (Lipinski definition) is 5. The molecule has 0 radical (unpaired) electrons. The molecule has 190 valence electrons. The molecule has 1 aliphatic heterocycles. The topological polar surface area (TPSA) is 111 Å². The van der Waals surface area contributed by atoms with Crippen LogP contribution in [0.15, 0.2) is 61.1 Å². The third-order valence-electron chi connectivity index (χ3n) is 7.04. The van der Waals surface area contributed by atoms with Gasteiger partial charge in [-0.05, 0) is 49.1 Å². The first-order valence-corrected chi connectivity index (χ1v) is 12.2. The monoisotopic (exact) mass is 490 g/mol. The van der Waals surface area contributed by atoms with E-state index in [9.17, 15) is 9.59 Å². The predicted octanol–water partition coefficient (Wildman–Crippen LogP) is 3.00. The van der Waals surface area contributed by atoms with Gasteiger partial charge in [0.15, 0.2) is 0 Å². The molecule has 2 amide bonds. The van der Waals surface area contributed by atoms with Crippen LogP contribution in [0.25, 0.3) is 0 Å². The number of amides is 2. The fourth-order valence-corrected chi connectivity index (χ4v) is 5.15. The molecule has 8 nitrogen and oxygen atoms in total. The van der Waals surface area contributed by atoms with E-state index in [0.29, 0.717) is 32.5 Å². The summed E-state index contributed by atoms with van der Waals surface area (Å²) in [7, 11) is 1.61. The van der Waals surface area contributed by atoms with Crippen LogP contribution in [0.5, 0.6) is 5.75 Å². The zero-order valence-corrected chi connectivity index (χ0v) is 21.1. The maximum atomic E-state index is 13.9. The van der Waals surface area contributed by atoms with E-state index >= 15 is 0 Å². The Morgan fingerprint density at radius 3 is 2.42 bits per heavy atom. The van der Waals surface area contributed by atoms with Gasteiger partial charge in [0, 0.05) is 24.9 Å². The van der Waals surface area contributed by atoms with E-state index in [0.717, 1.165) is 28.1 Å². The summed E-state index contributed by atoms with van der Waals surface area (Å²) in [6.07, 6.45) is 3.91. The molecule has 2 heterocycles. The van der Waals surface area contributed by atoms with E-state index in [1.807, 2.05) is 43.3 Å². The second-order valence-electron chi connectivity index (χ2n) is 9.39. The Bertz CT molecular complexity index is 1170. The number of methoxy groups -OCH3 is 1. The van der Waals surface area contributed by atoms with E-state index in [1.54, 1.807) is 24.5 Å². The normalized spacial score (nSPS) is 16.1. The molecule has 1 unspecified atom stereocenters. The number of benzene rings is 2. The van der Waals surface area contributed by atoms with Crippen molar-refractivity contribution in [1.82, 2.24) is 14.9 Å². The fraction of sp³-hybridized carbons (Fsp3) is 0.393. The fourth-order valence-electron chi connectivity index (χ4n) is 5.15. The summed E-state index contributed by atoms with van der Waals surface area (Å²) in [5.74, 6) is -1.20. The number of ether oxygens (including phenoxy) is 2. The molecule has 1 aliphatic rings. The van der Waals surface area contributed by atoms with Crippen LogP contribution in [0.1, 0.15) is 29.3 Å². The van der Waals surface area contributed by atoms with Crippen molar-refractivity contribution in [3.05, 3.63) is 83.4 Å². The van der Waals surface area contributed by atoms with Crippen LogP contribution in [0.4, 0.5) is 0 Å². The van der Waals surface area contributed by atoms with Gasteiger partial charge in [0.05, 0.1) is 38.4 Å². The molecule has 0 bridgehead atoms. The highest BCUT2D eigenvalue weighted by Gasteiger charge is 2.50. The summed E-state index contributed by atoms with van der Waals surface area (Å²) in [6.45, 7) is 5.42. The average molecular weight is 491 g/mol. The maximum Gasteiger partial charge on any atom is 0.227 e. The standard InChI is InChI=1S/C28H34N4O4/c1-4-36-28(25-8-6-5-7-19(25)2)16-32(17-28)27(34)24(13-20-9-11-22(35-3)12-10-20)23(26(29)33)14-21-15-30-18-31-21/h5-12,15,18,23-24H,4,13-14,16-17H2,1-3H3,(H2,29,33)(H,30,31)/t23?,24-/m1/s1. The van der Waals surface area contributed by atoms with E-state index < -0.39 is 23.3 Å². The summed E-state index contributed by atoms with van der Waals surface area (Å²) in [5, 5.41) is 0. The van der Waals surface area contributed by atoms with Crippen molar-refractivity contribution in [1.29, 1.82) is 0 Å². The first-order chi connectivity index (χ1) is 17.4. The molecule has 1 fully saturated rings. The van der Waals surface area contributed by atoms with Crippen LogP contribution < -0.4 is 10.5 Å². The van der Waals surface area contributed by atoms with Crippen LogP contribution in [0, 0.1) is 18.8 Å². The molecular formula is C28H34N4O4. The van der Waals surface area contributed by atoms with Crippen LogP contribution in [-0.4, -0.2) is 53.5 Å². The van der Waals surface area contributed by atoms with Crippen molar-refractivity contribution in [2.24, 2.45) is 17.6 Å². The number of H-pyrrole nitrogens is 1. The highest BCUT2D eigenvalue weighted by Crippen LogP contribution is 2.39.